The third-order valence-corrected chi connectivity index (χ3v) is 5.07. The van der Waals surface area contributed by atoms with Gasteiger partial charge in [0.05, 0.1) is 23.3 Å². The van der Waals surface area contributed by atoms with Crippen molar-refractivity contribution in [3.8, 4) is 0 Å². The Balaban J connectivity index is 1.64. The number of fused-ring (bicyclic) bond motifs is 1. The van der Waals surface area contributed by atoms with E-state index in [1.807, 2.05) is 30.2 Å². The molecule has 1 aliphatic heterocycles. The molecule has 1 saturated heterocycles. The number of anilines is 1. The quantitative estimate of drug-likeness (QED) is 0.681. The van der Waals surface area contributed by atoms with Gasteiger partial charge < -0.3 is 15.4 Å². The maximum atomic E-state index is 12.3. The summed E-state index contributed by atoms with van der Waals surface area (Å²) < 4.78 is 5.64. The van der Waals surface area contributed by atoms with E-state index in [0.717, 1.165) is 10.2 Å². The Morgan fingerprint density at radius 2 is 2.18 bits per heavy atom. The van der Waals surface area contributed by atoms with Crippen LogP contribution < -0.4 is 5.73 Å². The molecule has 0 bridgehead atoms. The molecule has 2 aromatic heterocycles. The summed E-state index contributed by atoms with van der Waals surface area (Å²) in [5.41, 5.74) is 5.92. The van der Waals surface area contributed by atoms with Gasteiger partial charge in [-0.2, -0.15) is 0 Å². The molecule has 8 heteroatoms. The van der Waals surface area contributed by atoms with Gasteiger partial charge in [-0.25, -0.2) is 9.97 Å². The molecular weight excluding hydrogens is 320 g/mol. The van der Waals surface area contributed by atoms with Gasteiger partial charge in [-0.1, -0.05) is 11.8 Å². The molecule has 0 radical (unpaired) electrons. The van der Waals surface area contributed by atoms with Crippen LogP contribution in [-0.2, 0) is 9.53 Å². The van der Waals surface area contributed by atoms with E-state index in [1.54, 1.807) is 0 Å². The number of nitrogens with two attached hydrogens (primary N) is 1. The molecule has 0 saturated carbocycles. The van der Waals surface area contributed by atoms with Crippen molar-refractivity contribution in [3.63, 3.8) is 0 Å². The minimum Gasteiger partial charge on any atom is -0.383 e. The van der Waals surface area contributed by atoms with Crippen molar-refractivity contribution in [1.82, 2.24) is 14.9 Å². The highest BCUT2D eigenvalue weighted by Crippen LogP contribution is 2.26. The number of ether oxygens (including phenoxy) is 1. The number of nitrogens with zero attached hydrogens (tertiary/aromatic N) is 3. The van der Waals surface area contributed by atoms with E-state index in [4.69, 9.17) is 10.5 Å². The number of morpholine rings is 1. The van der Waals surface area contributed by atoms with Gasteiger partial charge in [-0.05, 0) is 25.3 Å². The van der Waals surface area contributed by atoms with Crippen LogP contribution in [0.15, 0.2) is 16.6 Å². The molecule has 118 valence electrons. The van der Waals surface area contributed by atoms with Gasteiger partial charge in [0.1, 0.15) is 10.6 Å². The number of rotatable bonds is 3. The number of amides is 1. The zero-order valence-electron chi connectivity index (χ0n) is 12.5. The smallest absolute Gasteiger partial charge is 0.233 e. The summed E-state index contributed by atoms with van der Waals surface area (Å²) in [7, 11) is 0. The third-order valence-electron chi connectivity index (χ3n) is 3.43. The molecule has 2 aromatic rings. The van der Waals surface area contributed by atoms with Crippen molar-refractivity contribution >= 4 is 45.0 Å². The summed E-state index contributed by atoms with van der Waals surface area (Å²) in [6, 6.07) is 1.91. The van der Waals surface area contributed by atoms with Crippen LogP contribution in [0.2, 0.25) is 0 Å². The molecule has 0 aromatic carbocycles. The summed E-state index contributed by atoms with van der Waals surface area (Å²) >= 11 is 2.85. The molecule has 3 rings (SSSR count). The summed E-state index contributed by atoms with van der Waals surface area (Å²) in [6.45, 7) is 5.24. The molecule has 22 heavy (non-hydrogen) atoms. The summed E-state index contributed by atoms with van der Waals surface area (Å²) in [5, 5.41) is 3.36. The van der Waals surface area contributed by atoms with E-state index < -0.39 is 0 Å². The summed E-state index contributed by atoms with van der Waals surface area (Å²) in [5.74, 6) is 0.866. The van der Waals surface area contributed by atoms with Gasteiger partial charge in [0.2, 0.25) is 5.91 Å². The molecule has 2 N–H and O–H groups in total. The van der Waals surface area contributed by atoms with E-state index in [-0.39, 0.29) is 18.1 Å². The van der Waals surface area contributed by atoms with Crippen LogP contribution in [0.5, 0.6) is 0 Å². The molecule has 1 fully saturated rings. The average molecular weight is 338 g/mol. The first-order valence-corrected chi connectivity index (χ1v) is 8.96. The minimum atomic E-state index is 0.0760. The fraction of sp³-hybridized carbons (Fsp3) is 0.500. The van der Waals surface area contributed by atoms with E-state index in [0.29, 0.717) is 29.8 Å². The molecular formula is C14H18N4O2S2. The van der Waals surface area contributed by atoms with Crippen LogP contribution in [0, 0.1) is 0 Å². The molecule has 0 aliphatic carbocycles. The lowest BCUT2D eigenvalue weighted by Gasteiger charge is -2.35. The predicted molar refractivity (Wildman–Crippen MR) is 89.1 cm³/mol. The zero-order chi connectivity index (χ0) is 15.7. The van der Waals surface area contributed by atoms with Crippen LogP contribution in [-0.4, -0.2) is 51.8 Å². The zero-order valence-corrected chi connectivity index (χ0v) is 14.1. The number of carbonyl (C=O) groups excluding carboxylic acids is 1. The number of thioether (sulfide) groups is 1. The molecule has 3 heterocycles. The van der Waals surface area contributed by atoms with Gasteiger partial charge in [0, 0.05) is 13.1 Å². The predicted octanol–water partition coefficient (Wildman–Crippen LogP) is 2.00. The maximum absolute atomic E-state index is 12.3. The topological polar surface area (TPSA) is 81.3 Å². The van der Waals surface area contributed by atoms with Crippen molar-refractivity contribution in [1.29, 1.82) is 0 Å². The fourth-order valence-corrected chi connectivity index (χ4v) is 4.11. The molecule has 1 aliphatic rings. The summed E-state index contributed by atoms with van der Waals surface area (Å²) in [4.78, 5) is 23.7. The second-order valence-electron chi connectivity index (χ2n) is 5.38. The van der Waals surface area contributed by atoms with Crippen LogP contribution in [0.1, 0.15) is 13.8 Å². The highest BCUT2D eigenvalue weighted by Gasteiger charge is 2.25. The fourth-order valence-electron chi connectivity index (χ4n) is 2.52. The Hall–Kier alpha value is -1.38. The molecule has 2 atom stereocenters. The number of thiophene rings is 1. The van der Waals surface area contributed by atoms with Crippen molar-refractivity contribution in [2.45, 2.75) is 31.2 Å². The largest absolute Gasteiger partial charge is 0.383 e. The van der Waals surface area contributed by atoms with E-state index in [2.05, 4.69) is 9.97 Å². The average Bonchev–Trinajstić information content (AvgIpc) is 2.92. The third kappa shape index (κ3) is 3.34. The second kappa shape index (κ2) is 6.39. The first kappa shape index (κ1) is 15.5. The second-order valence-corrected chi connectivity index (χ2v) is 7.21. The Morgan fingerprint density at radius 3 is 2.91 bits per heavy atom. The Morgan fingerprint density at radius 1 is 1.45 bits per heavy atom. The van der Waals surface area contributed by atoms with Gasteiger partial charge in [0.25, 0.3) is 0 Å². The van der Waals surface area contributed by atoms with Crippen LogP contribution in [0.3, 0.4) is 0 Å². The first-order chi connectivity index (χ1) is 10.5. The van der Waals surface area contributed by atoms with Gasteiger partial charge >= 0.3 is 0 Å². The molecule has 6 nitrogen and oxygen atoms in total. The summed E-state index contributed by atoms with van der Waals surface area (Å²) in [6.07, 6.45) is 0.152. The molecule has 0 unspecified atom stereocenters. The lowest BCUT2D eigenvalue weighted by atomic mass is 10.2. The maximum Gasteiger partial charge on any atom is 0.233 e. The highest BCUT2D eigenvalue weighted by atomic mass is 32.2. The van der Waals surface area contributed by atoms with Crippen molar-refractivity contribution < 1.29 is 9.53 Å². The van der Waals surface area contributed by atoms with Gasteiger partial charge in [0.15, 0.2) is 5.16 Å². The lowest BCUT2D eigenvalue weighted by Crippen LogP contribution is -2.48. The Kier molecular flexibility index (Phi) is 4.51. The van der Waals surface area contributed by atoms with Crippen molar-refractivity contribution in [3.05, 3.63) is 11.4 Å². The van der Waals surface area contributed by atoms with Crippen molar-refractivity contribution in [2.75, 3.05) is 24.6 Å². The number of hydrogen-bond donors (Lipinski definition) is 1. The monoisotopic (exact) mass is 338 g/mol. The number of nitrogen functional groups attached to an aromatic ring is 1. The SMILES string of the molecule is C[C@@H]1CN(C(=O)CSc2nc(N)c3ccsc3n2)C[C@@H](C)O1. The molecule has 0 spiro atoms. The lowest BCUT2D eigenvalue weighted by molar-refractivity contribution is -0.140. The Labute approximate surface area is 137 Å². The minimum absolute atomic E-state index is 0.0760. The Bertz CT molecular complexity index is 681. The van der Waals surface area contributed by atoms with Crippen LogP contribution in [0.4, 0.5) is 5.82 Å². The van der Waals surface area contributed by atoms with Crippen LogP contribution >= 0.6 is 23.1 Å². The number of aromatic nitrogens is 2. The van der Waals surface area contributed by atoms with Crippen LogP contribution in [0.25, 0.3) is 10.2 Å². The normalized spacial score (nSPS) is 22.2. The van der Waals surface area contributed by atoms with E-state index in [1.165, 1.54) is 23.1 Å². The number of hydrogen-bond acceptors (Lipinski definition) is 7. The molecule has 1 amide bonds. The number of carbonyl (C=O) groups is 1. The van der Waals surface area contributed by atoms with E-state index in [9.17, 15) is 4.79 Å². The standard InChI is InChI=1S/C14H18N4O2S2/c1-8-5-18(6-9(2)20-8)11(19)7-22-14-16-12(15)10-3-4-21-13(10)17-14/h3-4,8-9H,5-7H2,1-2H3,(H2,15,16,17)/t8-,9-/m1/s1. The first-order valence-electron chi connectivity index (χ1n) is 7.09. The van der Waals surface area contributed by atoms with Gasteiger partial charge in [-0.15, -0.1) is 11.3 Å². The highest BCUT2D eigenvalue weighted by molar-refractivity contribution is 7.99. The van der Waals surface area contributed by atoms with E-state index >= 15 is 0 Å². The van der Waals surface area contributed by atoms with Crippen molar-refractivity contribution in [2.24, 2.45) is 0 Å². The van der Waals surface area contributed by atoms with Gasteiger partial charge in [-0.3, -0.25) is 4.79 Å².